The van der Waals surface area contributed by atoms with Crippen LogP contribution in [0.15, 0.2) is 42.9 Å². The van der Waals surface area contributed by atoms with E-state index in [4.69, 9.17) is 4.98 Å². The molecule has 0 spiro atoms. The fraction of sp³-hybridized carbons (Fsp3) is 0.480. The number of hydrogen-bond acceptors (Lipinski definition) is 7. The van der Waals surface area contributed by atoms with Gasteiger partial charge >= 0.3 is 0 Å². The van der Waals surface area contributed by atoms with Crippen molar-refractivity contribution in [1.82, 2.24) is 24.6 Å². The lowest BCUT2D eigenvalue weighted by Crippen LogP contribution is -2.47. The molecule has 0 atom stereocenters. The first-order valence-corrected chi connectivity index (χ1v) is 12.1. The summed E-state index contributed by atoms with van der Waals surface area (Å²) < 4.78 is 15.1. The lowest BCUT2D eigenvalue weighted by atomic mass is 9.98. The minimum absolute atomic E-state index is 0.243. The average Bonchev–Trinajstić information content (AvgIpc) is 3.25. The van der Waals surface area contributed by atoms with Crippen molar-refractivity contribution in [1.29, 1.82) is 0 Å². The number of anilines is 2. The zero-order chi connectivity index (χ0) is 23.5. The van der Waals surface area contributed by atoms with Gasteiger partial charge in [0.2, 0.25) is 0 Å². The van der Waals surface area contributed by atoms with Gasteiger partial charge < -0.3 is 14.9 Å². The molecule has 8 nitrogen and oxygen atoms in total. The van der Waals surface area contributed by atoms with Crippen molar-refractivity contribution in [3.8, 4) is 5.69 Å². The van der Waals surface area contributed by atoms with Crippen molar-refractivity contribution in [3.63, 3.8) is 0 Å². The van der Waals surface area contributed by atoms with Crippen LogP contribution in [0.3, 0.4) is 0 Å². The number of aliphatic hydroxyl groups is 1. The van der Waals surface area contributed by atoms with Crippen molar-refractivity contribution in [2.45, 2.75) is 26.3 Å². The van der Waals surface area contributed by atoms with Crippen molar-refractivity contribution in [2.75, 3.05) is 55.7 Å². The summed E-state index contributed by atoms with van der Waals surface area (Å²) in [6.07, 6.45) is 7.45. The summed E-state index contributed by atoms with van der Waals surface area (Å²) in [7, 11) is 0. The molecule has 2 saturated heterocycles. The number of aromatic nitrogens is 4. The Bertz CT molecular complexity index is 1090. The predicted molar refractivity (Wildman–Crippen MR) is 130 cm³/mol. The first-order chi connectivity index (χ1) is 16.6. The first kappa shape index (κ1) is 22.7. The average molecular weight is 466 g/mol. The molecule has 0 radical (unpaired) electrons. The number of nitrogens with zero attached hydrogens (tertiary/aromatic N) is 7. The van der Waals surface area contributed by atoms with Crippen LogP contribution in [0, 0.1) is 18.7 Å². The van der Waals surface area contributed by atoms with Crippen LogP contribution in [0.2, 0.25) is 0 Å². The molecule has 0 aliphatic carbocycles. The Morgan fingerprint density at radius 3 is 2.15 bits per heavy atom. The summed E-state index contributed by atoms with van der Waals surface area (Å²) in [5, 5.41) is 14.0. The monoisotopic (exact) mass is 465 g/mol. The highest BCUT2D eigenvalue weighted by Crippen LogP contribution is 2.29. The Morgan fingerprint density at radius 1 is 0.912 bits per heavy atom. The second-order valence-corrected chi connectivity index (χ2v) is 9.22. The third kappa shape index (κ3) is 4.76. The lowest BCUT2D eigenvalue weighted by molar-refractivity contribution is 0.202. The molecule has 2 fully saturated rings. The highest BCUT2D eigenvalue weighted by Gasteiger charge is 2.26. The Labute approximate surface area is 199 Å². The molecule has 3 aromatic rings. The van der Waals surface area contributed by atoms with E-state index in [1.165, 1.54) is 17.7 Å². The number of benzene rings is 1. The zero-order valence-electron chi connectivity index (χ0n) is 19.6. The number of piperazine rings is 1. The molecule has 2 aliphatic heterocycles. The molecule has 0 bridgehead atoms. The molecule has 2 aliphatic rings. The van der Waals surface area contributed by atoms with Gasteiger partial charge in [-0.25, -0.2) is 19.0 Å². The van der Waals surface area contributed by atoms with Crippen LogP contribution in [-0.4, -0.2) is 75.6 Å². The molecule has 2 aromatic heterocycles. The molecule has 5 rings (SSSR count). The Balaban J connectivity index is 1.21. The summed E-state index contributed by atoms with van der Waals surface area (Å²) in [5.41, 5.74) is 3.13. The summed E-state index contributed by atoms with van der Waals surface area (Å²) in [5.74, 6) is 2.08. The summed E-state index contributed by atoms with van der Waals surface area (Å²) in [6.45, 7) is 8.64. The Morgan fingerprint density at radius 2 is 1.53 bits per heavy atom. The minimum atomic E-state index is -0.243. The number of aliphatic hydroxyl groups excluding tert-OH is 1. The zero-order valence-corrected chi connectivity index (χ0v) is 19.6. The molecule has 9 heteroatoms. The van der Waals surface area contributed by atoms with E-state index in [2.05, 4.69) is 31.7 Å². The van der Waals surface area contributed by atoms with Crippen LogP contribution in [0.4, 0.5) is 16.0 Å². The molecule has 0 amide bonds. The maximum Gasteiger partial charge on any atom is 0.172 e. The molecule has 34 heavy (non-hydrogen) atoms. The Kier molecular flexibility index (Phi) is 6.73. The third-order valence-electron chi connectivity index (χ3n) is 7.08. The van der Waals surface area contributed by atoms with Crippen LogP contribution < -0.4 is 9.80 Å². The van der Waals surface area contributed by atoms with E-state index >= 15 is 0 Å². The molecule has 4 heterocycles. The van der Waals surface area contributed by atoms with E-state index in [0.29, 0.717) is 5.92 Å². The molecule has 180 valence electrons. The summed E-state index contributed by atoms with van der Waals surface area (Å²) >= 11 is 0. The van der Waals surface area contributed by atoms with Crippen LogP contribution in [0.5, 0.6) is 0 Å². The number of piperidine rings is 1. The van der Waals surface area contributed by atoms with Gasteiger partial charge in [0.1, 0.15) is 5.82 Å². The second kappa shape index (κ2) is 10.1. The van der Waals surface area contributed by atoms with Crippen molar-refractivity contribution >= 4 is 11.6 Å². The van der Waals surface area contributed by atoms with E-state index in [1.807, 2.05) is 10.9 Å². The predicted octanol–water partition coefficient (Wildman–Crippen LogP) is 2.64. The second-order valence-electron chi connectivity index (χ2n) is 9.22. The van der Waals surface area contributed by atoms with Gasteiger partial charge in [0, 0.05) is 76.1 Å². The van der Waals surface area contributed by atoms with Gasteiger partial charge in [-0.2, -0.15) is 5.10 Å². The smallest absolute Gasteiger partial charge is 0.172 e. The summed E-state index contributed by atoms with van der Waals surface area (Å²) in [4.78, 5) is 16.5. The van der Waals surface area contributed by atoms with Crippen molar-refractivity contribution < 1.29 is 9.50 Å². The molecule has 0 saturated carbocycles. The van der Waals surface area contributed by atoms with Crippen LogP contribution in [0.1, 0.15) is 24.1 Å². The number of halogens is 1. The number of hydrogen-bond donors (Lipinski definition) is 1. The Hall–Kier alpha value is -3.04. The van der Waals surface area contributed by atoms with Crippen molar-refractivity contribution in [3.05, 3.63) is 59.9 Å². The molecular formula is C25H32FN7O. The van der Waals surface area contributed by atoms with E-state index < -0.39 is 0 Å². The minimum Gasteiger partial charge on any atom is -0.396 e. The molecular weight excluding hydrogens is 433 g/mol. The van der Waals surface area contributed by atoms with Crippen molar-refractivity contribution in [2.24, 2.45) is 5.92 Å². The quantitative estimate of drug-likeness (QED) is 0.600. The lowest BCUT2D eigenvalue weighted by Gasteiger charge is -2.38. The first-order valence-electron chi connectivity index (χ1n) is 12.1. The maximum absolute atomic E-state index is 13.3. The summed E-state index contributed by atoms with van der Waals surface area (Å²) in [6, 6.07) is 6.43. The van der Waals surface area contributed by atoms with Gasteiger partial charge in [-0.1, -0.05) is 0 Å². The van der Waals surface area contributed by atoms with Gasteiger partial charge in [0.25, 0.3) is 0 Å². The van der Waals surface area contributed by atoms with Gasteiger partial charge in [-0.3, -0.25) is 4.90 Å². The highest BCUT2D eigenvalue weighted by atomic mass is 19.1. The van der Waals surface area contributed by atoms with Gasteiger partial charge in [-0.05, 0) is 49.9 Å². The van der Waals surface area contributed by atoms with E-state index in [0.717, 1.165) is 81.7 Å². The van der Waals surface area contributed by atoms with Crippen LogP contribution >= 0.6 is 0 Å². The van der Waals surface area contributed by atoms with E-state index in [-0.39, 0.29) is 12.4 Å². The largest absolute Gasteiger partial charge is 0.396 e. The number of rotatable bonds is 6. The van der Waals surface area contributed by atoms with E-state index in [9.17, 15) is 9.50 Å². The maximum atomic E-state index is 13.3. The normalized spacial score (nSPS) is 18.0. The molecule has 0 unspecified atom stereocenters. The van der Waals surface area contributed by atoms with Gasteiger partial charge in [-0.15, -0.1) is 0 Å². The fourth-order valence-corrected chi connectivity index (χ4v) is 4.90. The topological polar surface area (TPSA) is 73.6 Å². The van der Waals surface area contributed by atoms with Crippen LogP contribution in [-0.2, 0) is 6.54 Å². The SMILES string of the molecule is Cc1c(CN2CCN(c3nccnc3N3CCC(CO)CC3)CC2)cnn1-c1ccc(F)cc1. The van der Waals surface area contributed by atoms with Crippen LogP contribution in [0.25, 0.3) is 5.69 Å². The highest BCUT2D eigenvalue weighted by molar-refractivity contribution is 5.62. The molecule has 1 aromatic carbocycles. The molecule has 1 N–H and O–H groups in total. The van der Waals surface area contributed by atoms with Gasteiger partial charge in [0.15, 0.2) is 11.6 Å². The van der Waals surface area contributed by atoms with Gasteiger partial charge in [0.05, 0.1) is 11.9 Å². The fourth-order valence-electron chi connectivity index (χ4n) is 4.90. The third-order valence-corrected chi connectivity index (χ3v) is 7.08. The standard InChI is InChI=1S/C25H32FN7O/c1-19-21(16-29-33(19)23-4-2-22(26)3-5-23)17-30-12-14-32(15-13-30)25-24(27-8-9-28-25)31-10-6-20(18-34)7-11-31/h2-5,8-9,16,20,34H,6-7,10-15,17-18H2,1H3. The van der Waals surface area contributed by atoms with E-state index in [1.54, 1.807) is 24.5 Å².